The Hall–Kier alpha value is -4.05. The molecule has 32 heavy (non-hydrogen) atoms. The number of amides is 1. The third-order valence-electron chi connectivity index (χ3n) is 4.73. The number of benzene rings is 3. The topological polar surface area (TPSA) is 116 Å². The number of nitrogens with zero attached hydrogens (tertiary/aromatic N) is 3. The molecule has 0 spiro atoms. The molecule has 4 rings (SSSR count). The minimum Gasteiger partial charge on any atom is -0.490 e. The van der Waals surface area contributed by atoms with Gasteiger partial charge in [-0.25, -0.2) is 4.98 Å². The molecule has 0 saturated heterocycles. The molecule has 9 nitrogen and oxygen atoms in total. The number of nitro benzene ring substituents is 1. The van der Waals surface area contributed by atoms with Crippen molar-refractivity contribution in [3.63, 3.8) is 0 Å². The zero-order valence-corrected chi connectivity index (χ0v) is 18.2. The summed E-state index contributed by atoms with van der Waals surface area (Å²) in [6.07, 6.45) is 0. The largest absolute Gasteiger partial charge is 0.490 e. The minimum absolute atomic E-state index is 0.0145. The Balaban J connectivity index is 1.84. The highest BCUT2D eigenvalue weighted by atomic mass is 79.9. The Morgan fingerprint density at radius 2 is 1.84 bits per heavy atom. The van der Waals surface area contributed by atoms with Crippen molar-refractivity contribution in [2.75, 3.05) is 12.5 Å². The van der Waals surface area contributed by atoms with Crippen LogP contribution in [0.3, 0.4) is 0 Å². The Labute approximate surface area is 189 Å². The first-order valence-corrected chi connectivity index (χ1v) is 10.1. The first-order valence-electron chi connectivity index (χ1n) is 9.30. The van der Waals surface area contributed by atoms with E-state index in [2.05, 4.69) is 26.3 Å². The van der Waals surface area contributed by atoms with Crippen LogP contribution in [0.1, 0.15) is 10.4 Å². The molecule has 1 aromatic heterocycles. The smallest absolute Gasteiger partial charge is 0.311 e. The highest BCUT2D eigenvalue weighted by molar-refractivity contribution is 9.10. The molecule has 1 heterocycles. The van der Waals surface area contributed by atoms with Crippen LogP contribution in [0, 0.1) is 10.1 Å². The standard InChI is InChI=1S/C22H15BrN4O5/c1-32-19-11-8-14(12-18(19)27(30)31)21(28)25-26-20(13-6-9-15(23)10-7-13)24-17-5-3-2-4-16(17)22(26)29/h2-12H,1H3,(H,25,28). The van der Waals surface area contributed by atoms with Gasteiger partial charge in [0, 0.05) is 21.7 Å². The molecule has 1 N–H and O–H groups in total. The molecule has 0 bridgehead atoms. The Kier molecular flexibility index (Phi) is 5.69. The molecule has 10 heteroatoms. The number of halogens is 1. The summed E-state index contributed by atoms with van der Waals surface area (Å²) in [5, 5.41) is 11.6. The van der Waals surface area contributed by atoms with Gasteiger partial charge in [-0.05, 0) is 36.4 Å². The maximum Gasteiger partial charge on any atom is 0.311 e. The van der Waals surface area contributed by atoms with E-state index in [0.717, 1.165) is 15.2 Å². The number of fused-ring (bicyclic) bond motifs is 1. The van der Waals surface area contributed by atoms with Gasteiger partial charge in [0.1, 0.15) is 0 Å². The van der Waals surface area contributed by atoms with Crippen LogP contribution >= 0.6 is 15.9 Å². The van der Waals surface area contributed by atoms with E-state index in [9.17, 15) is 19.7 Å². The molecule has 0 fully saturated rings. The summed E-state index contributed by atoms with van der Waals surface area (Å²) in [5.74, 6) is -0.475. The van der Waals surface area contributed by atoms with Crippen molar-refractivity contribution in [3.8, 4) is 17.1 Å². The lowest BCUT2D eigenvalue weighted by atomic mass is 10.1. The normalized spacial score (nSPS) is 10.7. The summed E-state index contributed by atoms with van der Waals surface area (Å²) in [6.45, 7) is 0. The second-order valence-electron chi connectivity index (χ2n) is 6.68. The number of hydrogen-bond acceptors (Lipinski definition) is 6. The number of methoxy groups -OCH3 is 1. The van der Waals surface area contributed by atoms with Gasteiger partial charge >= 0.3 is 5.69 Å². The van der Waals surface area contributed by atoms with Crippen LogP contribution in [-0.4, -0.2) is 27.6 Å². The average Bonchev–Trinajstić information content (AvgIpc) is 2.80. The number of rotatable bonds is 5. The Bertz CT molecular complexity index is 1420. The number of nitro groups is 1. The molecular weight excluding hydrogens is 480 g/mol. The number of aromatic nitrogens is 2. The number of carbonyl (C=O) groups excluding carboxylic acids is 1. The summed E-state index contributed by atoms with van der Waals surface area (Å²) < 4.78 is 6.86. The molecule has 0 aliphatic rings. The van der Waals surface area contributed by atoms with Gasteiger partial charge in [0.15, 0.2) is 11.6 Å². The maximum absolute atomic E-state index is 13.2. The molecule has 0 radical (unpaired) electrons. The fourth-order valence-corrected chi connectivity index (χ4v) is 3.43. The highest BCUT2D eigenvalue weighted by Gasteiger charge is 2.20. The fraction of sp³-hybridized carbons (Fsp3) is 0.0455. The first-order chi connectivity index (χ1) is 15.4. The van der Waals surface area contributed by atoms with E-state index in [1.807, 2.05) is 0 Å². The summed E-state index contributed by atoms with van der Waals surface area (Å²) in [4.78, 5) is 41.4. The Morgan fingerprint density at radius 3 is 2.53 bits per heavy atom. The zero-order valence-electron chi connectivity index (χ0n) is 16.6. The van der Waals surface area contributed by atoms with E-state index in [0.29, 0.717) is 16.5 Å². The first kappa shape index (κ1) is 21.2. The molecule has 0 unspecified atom stereocenters. The molecule has 1 amide bonds. The fourth-order valence-electron chi connectivity index (χ4n) is 3.17. The number of para-hydroxylation sites is 1. The number of carbonyl (C=O) groups is 1. The van der Waals surface area contributed by atoms with Crippen LogP contribution in [0.4, 0.5) is 5.69 Å². The summed E-state index contributed by atoms with van der Waals surface area (Å²) in [5.41, 5.74) is 2.74. The van der Waals surface area contributed by atoms with Crippen molar-refractivity contribution in [1.82, 2.24) is 9.66 Å². The molecule has 4 aromatic rings. The third-order valence-corrected chi connectivity index (χ3v) is 5.26. The van der Waals surface area contributed by atoms with Gasteiger partial charge in [-0.2, -0.15) is 4.68 Å². The van der Waals surface area contributed by atoms with Crippen molar-refractivity contribution in [2.45, 2.75) is 0 Å². The van der Waals surface area contributed by atoms with E-state index >= 15 is 0 Å². The van der Waals surface area contributed by atoms with Gasteiger partial charge in [0.25, 0.3) is 11.5 Å². The van der Waals surface area contributed by atoms with Crippen molar-refractivity contribution < 1.29 is 14.5 Å². The summed E-state index contributed by atoms with van der Waals surface area (Å²) >= 11 is 3.37. The number of ether oxygens (including phenoxy) is 1. The second kappa shape index (κ2) is 8.60. The van der Waals surface area contributed by atoms with Crippen LogP contribution in [0.25, 0.3) is 22.3 Å². The summed E-state index contributed by atoms with van der Waals surface area (Å²) in [6, 6.07) is 17.6. The van der Waals surface area contributed by atoms with Crippen LogP contribution in [-0.2, 0) is 0 Å². The quantitative estimate of drug-likeness (QED) is 0.329. The van der Waals surface area contributed by atoms with E-state index in [-0.39, 0.29) is 22.8 Å². The molecule has 3 aromatic carbocycles. The SMILES string of the molecule is COc1ccc(C(=O)Nn2c(-c3ccc(Br)cc3)nc3ccccc3c2=O)cc1[N+](=O)[O-]. The van der Waals surface area contributed by atoms with Gasteiger partial charge in [-0.15, -0.1) is 0 Å². The maximum atomic E-state index is 13.2. The predicted molar refractivity (Wildman–Crippen MR) is 122 cm³/mol. The lowest BCUT2D eigenvalue weighted by Crippen LogP contribution is -2.35. The number of nitrogens with one attached hydrogen (secondary N) is 1. The second-order valence-corrected chi connectivity index (χ2v) is 7.60. The monoisotopic (exact) mass is 494 g/mol. The predicted octanol–water partition coefficient (Wildman–Crippen LogP) is 4.13. The molecule has 160 valence electrons. The van der Waals surface area contributed by atoms with Crippen LogP contribution < -0.4 is 15.7 Å². The van der Waals surface area contributed by atoms with Gasteiger partial charge in [0.05, 0.1) is 22.9 Å². The van der Waals surface area contributed by atoms with Crippen LogP contribution in [0.15, 0.2) is 76.0 Å². The van der Waals surface area contributed by atoms with Crippen molar-refractivity contribution >= 4 is 38.4 Å². The van der Waals surface area contributed by atoms with Crippen LogP contribution in [0.5, 0.6) is 5.75 Å². The van der Waals surface area contributed by atoms with Crippen molar-refractivity contribution in [1.29, 1.82) is 0 Å². The van der Waals surface area contributed by atoms with Gasteiger partial charge in [-0.1, -0.05) is 40.2 Å². The molecule has 0 aliphatic carbocycles. The number of hydrogen-bond donors (Lipinski definition) is 1. The minimum atomic E-state index is -0.715. The van der Waals surface area contributed by atoms with E-state index in [4.69, 9.17) is 4.74 Å². The van der Waals surface area contributed by atoms with Crippen LogP contribution in [0.2, 0.25) is 0 Å². The third kappa shape index (κ3) is 3.95. The molecule has 0 aliphatic heterocycles. The van der Waals surface area contributed by atoms with E-state index < -0.39 is 16.4 Å². The zero-order chi connectivity index (χ0) is 22.8. The molecule has 0 saturated carbocycles. The highest BCUT2D eigenvalue weighted by Crippen LogP contribution is 2.28. The van der Waals surface area contributed by atoms with Gasteiger partial charge in [0.2, 0.25) is 0 Å². The Morgan fingerprint density at radius 1 is 1.12 bits per heavy atom. The summed E-state index contributed by atoms with van der Waals surface area (Å²) in [7, 11) is 1.30. The van der Waals surface area contributed by atoms with Crippen molar-refractivity contribution in [2.24, 2.45) is 0 Å². The van der Waals surface area contributed by atoms with E-state index in [1.54, 1.807) is 48.5 Å². The van der Waals surface area contributed by atoms with Gasteiger partial charge in [-0.3, -0.25) is 25.1 Å². The molecule has 0 atom stereocenters. The van der Waals surface area contributed by atoms with E-state index in [1.165, 1.54) is 19.2 Å². The lowest BCUT2D eigenvalue weighted by molar-refractivity contribution is -0.385. The van der Waals surface area contributed by atoms with Crippen molar-refractivity contribution in [3.05, 3.63) is 97.2 Å². The average molecular weight is 495 g/mol. The molecular formula is C22H15BrN4O5. The lowest BCUT2D eigenvalue weighted by Gasteiger charge is -2.15. The van der Waals surface area contributed by atoms with Gasteiger partial charge < -0.3 is 4.74 Å².